The maximum Gasteiger partial charge on any atom is 0.471 e. The van der Waals surface area contributed by atoms with Gasteiger partial charge in [0.25, 0.3) is 0 Å². The highest BCUT2D eigenvalue weighted by atomic mass is 79.9. The van der Waals surface area contributed by atoms with Gasteiger partial charge in [0.05, 0.1) is 17.8 Å². The molecule has 1 aromatic heterocycles. The highest BCUT2D eigenvalue weighted by Crippen LogP contribution is 2.45. The number of methoxy groups -OCH3 is 1. The fraction of sp³-hybridized carbons (Fsp3) is 0.400. The quantitative estimate of drug-likeness (QED) is 0.862. The number of carbonyl (C=O) groups excluding carboxylic acids is 1. The molecule has 1 aromatic carbocycles. The van der Waals surface area contributed by atoms with Crippen LogP contribution in [0.5, 0.6) is 5.75 Å². The van der Waals surface area contributed by atoms with Gasteiger partial charge in [0.2, 0.25) is 0 Å². The van der Waals surface area contributed by atoms with E-state index in [0.29, 0.717) is 24.2 Å². The molecule has 0 saturated heterocycles. The molecule has 23 heavy (non-hydrogen) atoms. The second kappa shape index (κ2) is 5.74. The minimum atomic E-state index is -4.88. The lowest BCUT2D eigenvalue weighted by Crippen LogP contribution is -2.39. The molecule has 1 N–H and O–H groups in total. The van der Waals surface area contributed by atoms with Gasteiger partial charge in [-0.1, -0.05) is 0 Å². The lowest BCUT2D eigenvalue weighted by atomic mass is 9.83. The number of hydrogen-bond donors (Lipinski definition) is 1. The van der Waals surface area contributed by atoms with Crippen LogP contribution < -0.4 is 10.1 Å². The molecule has 4 nitrogen and oxygen atoms in total. The third-order valence-corrected chi connectivity index (χ3v) is 4.62. The van der Waals surface area contributed by atoms with Gasteiger partial charge < -0.3 is 14.5 Å². The van der Waals surface area contributed by atoms with Gasteiger partial charge in [0, 0.05) is 23.4 Å². The average molecular weight is 392 g/mol. The molecule has 0 spiro atoms. The SMILES string of the molecule is COc1cc(Br)c2occ3c2c1C(CNC(=O)C(F)(F)F)CC3. The number of rotatable bonds is 3. The van der Waals surface area contributed by atoms with Gasteiger partial charge in [-0.15, -0.1) is 0 Å². The summed E-state index contributed by atoms with van der Waals surface area (Å²) >= 11 is 3.41. The first-order valence-electron chi connectivity index (χ1n) is 6.94. The smallest absolute Gasteiger partial charge is 0.471 e. The zero-order valence-electron chi connectivity index (χ0n) is 12.1. The molecule has 1 unspecified atom stereocenters. The van der Waals surface area contributed by atoms with Crippen LogP contribution in [0.15, 0.2) is 21.2 Å². The van der Waals surface area contributed by atoms with Crippen molar-refractivity contribution in [3.8, 4) is 5.75 Å². The number of carbonyl (C=O) groups is 1. The van der Waals surface area contributed by atoms with Gasteiger partial charge >= 0.3 is 12.1 Å². The van der Waals surface area contributed by atoms with E-state index in [9.17, 15) is 18.0 Å². The van der Waals surface area contributed by atoms with Crippen LogP contribution in [0.1, 0.15) is 23.5 Å². The number of benzene rings is 1. The van der Waals surface area contributed by atoms with E-state index < -0.39 is 12.1 Å². The fourth-order valence-electron chi connectivity index (χ4n) is 3.00. The van der Waals surface area contributed by atoms with E-state index >= 15 is 0 Å². The van der Waals surface area contributed by atoms with Crippen LogP contribution in [0.4, 0.5) is 13.2 Å². The molecule has 1 atom stereocenters. The first-order valence-corrected chi connectivity index (χ1v) is 7.73. The second-order valence-electron chi connectivity index (χ2n) is 5.38. The number of nitrogens with one attached hydrogen (secondary N) is 1. The maximum atomic E-state index is 12.4. The summed E-state index contributed by atoms with van der Waals surface area (Å²) in [5.41, 5.74) is 2.42. The number of hydrogen-bond acceptors (Lipinski definition) is 3. The Morgan fingerprint density at radius 1 is 1.52 bits per heavy atom. The number of amides is 1. The van der Waals surface area contributed by atoms with Gasteiger partial charge in [-0.05, 0) is 40.4 Å². The predicted molar refractivity (Wildman–Crippen MR) is 80.6 cm³/mol. The molecule has 0 radical (unpaired) electrons. The maximum absolute atomic E-state index is 12.4. The largest absolute Gasteiger partial charge is 0.496 e. The van der Waals surface area contributed by atoms with Gasteiger partial charge in [-0.3, -0.25) is 4.79 Å². The van der Waals surface area contributed by atoms with Crippen molar-refractivity contribution >= 4 is 32.8 Å². The Morgan fingerprint density at radius 3 is 2.91 bits per heavy atom. The van der Waals surface area contributed by atoms with Crippen molar-refractivity contribution in [2.24, 2.45) is 0 Å². The summed E-state index contributed by atoms with van der Waals surface area (Å²) in [5, 5.41) is 2.82. The van der Waals surface area contributed by atoms with Crippen molar-refractivity contribution in [2.45, 2.75) is 24.9 Å². The molecule has 0 fully saturated rings. The topological polar surface area (TPSA) is 51.5 Å². The van der Waals surface area contributed by atoms with E-state index in [2.05, 4.69) is 15.9 Å². The number of furan rings is 1. The first kappa shape index (κ1) is 16.2. The summed E-state index contributed by atoms with van der Waals surface area (Å²) in [5.74, 6) is -1.63. The van der Waals surface area contributed by atoms with Gasteiger partial charge in [0.1, 0.15) is 11.3 Å². The number of ether oxygens (including phenoxy) is 1. The molecular weight excluding hydrogens is 379 g/mol. The number of aryl methyl sites for hydroxylation is 1. The lowest BCUT2D eigenvalue weighted by molar-refractivity contribution is -0.173. The molecule has 2 aromatic rings. The van der Waals surface area contributed by atoms with Crippen molar-refractivity contribution in [2.75, 3.05) is 13.7 Å². The van der Waals surface area contributed by atoms with Crippen molar-refractivity contribution in [1.82, 2.24) is 5.32 Å². The van der Waals surface area contributed by atoms with E-state index in [1.807, 2.05) is 5.32 Å². The summed E-state index contributed by atoms with van der Waals surface area (Å²) in [6.07, 6.45) is -1.94. The molecule has 1 aliphatic rings. The number of halogens is 4. The molecule has 3 rings (SSSR count). The fourth-order valence-corrected chi connectivity index (χ4v) is 3.50. The predicted octanol–water partition coefficient (Wildman–Crippen LogP) is 3.91. The molecule has 124 valence electrons. The van der Waals surface area contributed by atoms with E-state index in [1.54, 1.807) is 12.3 Å². The molecule has 0 aliphatic heterocycles. The minimum absolute atomic E-state index is 0.101. The zero-order valence-corrected chi connectivity index (χ0v) is 13.7. The van der Waals surface area contributed by atoms with Crippen molar-refractivity contribution in [3.05, 3.63) is 27.9 Å². The van der Waals surface area contributed by atoms with Crippen LogP contribution in [0.25, 0.3) is 11.0 Å². The Morgan fingerprint density at radius 2 is 2.26 bits per heavy atom. The van der Waals surface area contributed by atoms with E-state index in [4.69, 9.17) is 9.15 Å². The highest BCUT2D eigenvalue weighted by molar-refractivity contribution is 9.10. The van der Waals surface area contributed by atoms with Crippen LogP contribution in [0.2, 0.25) is 0 Å². The van der Waals surface area contributed by atoms with Crippen LogP contribution in [-0.4, -0.2) is 25.7 Å². The molecule has 1 amide bonds. The molecule has 1 heterocycles. The second-order valence-corrected chi connectivity index (χ2v) is 6.24. The Labute approximate surface area is 138 Å². The number of alkyl halides is 3. The van der Waals surface area contributed by atoms with Crippen molar-refractivity contribution in [1.29, 1.82) is 0 Å². The lowest BCUT2D eigenvalue weighted by Gasteiger charge is -2.25. The molecular formula is C15H13BrF3NO3. The van der Waals surface area contributed by atoms with E-state index in [-0.39, 0.29) is 12.5 Å². The third kappa shape index (κ3) is 2.80. The van der Waals surface area contributed by atoms with Crippen molar-refractivity contribution < 1.29 is 27.1 Å². The van der Waals surface area contributed by atoms with Gasteiger partial charge in [-0.2, -0.15) is 13.2 Å². The van der Waals surface area contributed by atoms with Gasteiger partial charge in [0.15, 0.2) is 0 Å². The van der Waals surface area contributed by atoms with Crippen LogP contribution in [-0.2, 0) is 11.2 Å². The summed E-state index contributed by atoms with van der Waals surface area (Å²) in [6.45, 7) is -0.101. The molecule has 1 aliphatic carbocycles. The van der Waals surface area contributed by atoms with E-state index in [1.165, 1.54) is 7.11 Å². The molecule has 0 saturated carbocycles. The standard InChI is InChI=1S/C15H13BrF3NO3/c1-22-10-4-9(16)13-12-8(6-23-13)3-2-7(11(10)12)5-20-14(21)15(17,18)19/h4,6-7H,2-3,5H2,1H3,(H,20,21). The summed E-state index contributed by atoms with van der Waals surface area (Å²) < 4.78 is 48.7. The Balaban J connectivity index is 1.97. The Kier molecular flexibility index (Phi) is 4.03. The first-order chi connectivity index (χ1) is 10.8. The zero-order chi connectivity index (χ0) is 16.8. The Bertz CT molecular complexity index is 769. The van der Waals surface area contributed by atoms with Gasteiger partial charge in [-0.25, -0.2) is 0 Å². The summed E-state index contributed by atoms with van der Waals surface area (Å²) in [7, 11) is 1.50. The van der Waals surface area contributed by atoms with Crippen LogP contribution in [0.3, 0.4) is 0 Å². The highest BCUT2D eigenvalue weighted by Gasteiger charge is 2.39. The normalized spacial score (nSPS) is 17.3. The van der Waals surface area contributed by atoms with Crippen molar-refractivity contribution in [3.63, 3.8) is 0 Å². The summed E-state index contributed by atoms with van der Waals surface area (Å²) in [6, 6.07) is 1.73. The van der Waals surface area contributed by atoms with E-state index in [0.717, 1.165) is 21.0 Å². The average Bonchev–Trinajstić information content (AvgIpc) is 2.93. The van der Waals surface area contributed by atoms with Crippen LogP contribution >= 0.6 is 15.9 Å². The molecule has 8 heteroatoms. The minimum Gasteiger partial charge on any atom is -0.496 e. The third-order valence-electron chi connectivity index (χ3n) is 4.03. The monoisotopic (exact) mass is 391 g/mol. The van der Waals surface area contributed by atoms with Crippen LogP contribution in [0, 0.1) is 0 Å². The Hall–Kier alpha value is -1.70. The molecule has 0 bridgehead atoms. The summed E-state index contributed by atoms with van der Waals surface area (Å²) in [4.78, 5) is 11.1.